The molecule has 3 aromatic rings. The molecule has 158 valence electrons. The van der Waals surface area contributed by atoms with Gasteiger partial charge in [-0.25, -0.2) is 5.84 Å². The summed E-state index contributed by atoms with van der Waals surface area (Å²) >= 11 is 0. The number of nitrogens with one attached hydrogen (secondary N) is 1. The number of Topliss-reactive ketones (excluding diaryl/α,β-unsaturated/α-hetero) is 1. The van der Waals surface area contributed by atoms with Crippen molar-refractivity contribution in [3.05, 3.63) is 65.4 Å². The molecule has 0 atom stereocenters. The first kappa shape index (κ1) is 21.6. The zero-order chi connectivity index (χ0) is 21.5. The van der Waals surface area contributed by atoms with E-state index >= 15 is 0 Å². The molecule has 0 spiro atoms. The molecule has 0 radical (unpaired) electrons. The van der Waals surface area contributed by atoms with Gasteiger partial charge in [0.05, 0.1) is 6.61 Å². The van der Waals surface area contributed by atoms with Crippen LogP contribution in [0.4, 0.5) is 0 Å². The van der Waals surface area contributed by atoms with Crippen LogP contribution >= 0.6 is 0 Å². The summed E-state index contributed by atoms with van der Waals surface area (Å²) in [6.45, 7) is 4.93. The first-order chi connectivity index (χ1) is 14.5. The van der Waals surface area contributed by atoms with Crippen LogP contribution in [0.3, 0.4) is 0 Å². The Hall–Kier alpha value is -3.12. The highest BCUT2D eigenvalue weighted by Gasteiger charge is 2.18. The van der Waals surface area contributed by atoms with Crippen molar-refractivity contribution in [2.75, 3.05) is 6.61 Å². The average molecular weight is 408 g/mol. The molecule has 0 fully saturated rings. The number of nitrogens with zero attached hydrogens (tertiary/aromatic N) is 1. The minimum Gasteiger partial charge on any atom is -0.494 e. The molecule has 0 aliphatic rings. The maximum Gasteiger partial charge on any atom is 0.234 e. The first-order valence-electron chi connectivity index (χ1n) is 10.3. The number of ether oxygens (including phenoxy) is 1. The van der Waals surface area contributed by atoms with Gasteiger partial charge in [-0.3, -0.25) is 15.0 Å². The number of aromatic nitrogens is 1. The summed E-state index contributed by atoms with van der Waals surface area (Å²) in [5, 5.41) is 1.05. The van der Waals surface area contributed by atoms with Gasteiger partial charge in [-0.2, -0.15) is 0 Å². The fourth-order valence-corrected chi connectivity index (χ4v) is 3.84. The van der Waals surface area contributed by atoms with Crippen molar-refractivity contribution in [2.24, 2.45) is 5.84 Å². The molecule has 3 N–H and O–H groups in total. The lowest BCUT2D eigenvalue weighted by Crippen LogP contribution is -2.29. The van der Waals surface area contributed by atoms with E-state index in [0.717, 1.165) is 35.2 Å². The van der Waals surface area contributed by atoms with Crippen molar-refractivity contribution in [2.45, 2.75) is 46.1 Å². The Balaban J connectivity index is 1.93. The number of hydrazine groups is 1. The number of rotatable bonds is 10. The number of carbonyl (C=O) groups is 2. The zero-order valence-electron chi connectivity index (χ0n) is 17.6. The van der Waals surface area contributed by atoms with Crippen molar-refractivity contribution in [1.82, 2.24) is 9.99 Å². The Morgan fingerprint density at radius 2 is 1.90 bits per heavy atom. The van der Waals surface area contributed by atoms with Crippen LogP contribution in [0.1, 0.15) is 43.5 Å². The molecule has 3 rings (SSSR count). The molecule has 1 aromatic heterocycles. The number of amides is 1. The predicted molar refractivity (Wildman–Crippen MR) is 118 cm³/mol. The van der Waals surface area contributed by atoms with E-state index in [2.05, 4.69) is 35.1 Å². The van der Waals surface area contributed by atoms with Crippen LogP contribution < -0.4 is 16.0 Å². The summed E-state index contributed by atoms with van der Waals surface area (Å²) < 4.78 is 8.16. The van der Waals surface area contributed by atoms with Gasteiger partial charge in [0, 0.05) is 36.0 Å². The van der Waals surface area contributed by atoms with E-state index in [1.807, 2.05) is 30.3 Å². The summed E-state index contributed by atoms with van der Waals surface area (Å²) in [6, 6.07) is 16.3. The number of nitrogens with two attached hydrogens (primary N) is 1. The Bertz CT molecular complexity index is 1030. The molecular formula is C24H29N3O3. The molecular weight excluding hydrogens is 378 g/mol. The normalized spacial score (nSPS) is 10.9. The minimum absolute atomic E-state index is 0.141. The van der Waals surface area contributed by atoms with E-state index in [1.54, 1.807) is 6.92 Å². The summed E-state index contributed by atoms with van der Waals surface area (Å²) in [5.41, 5.74) is 6.69. The zero-order valence-corrected chi connectivity index (χ0v) is 17.6. The van der Waals surface area contributed by atoms with Crippen molar-refractivity contribution in [1.29, 1.82) is 0 Å². The van der Waals surface area contributed by atoms with E-state index in [1.165, 1.54) is 11.3 Å². The SMILES string of the molecule is CCc1c(CC(C)=O)c2cc(OCCCC(=O)NN)ccc2n1Cc1ccccc1. The monoisotopic (exact) mass is 407 g/mol. The van der Waals surface area contributed by atoms with Gasteiger partial charge in [0.1, 0.15) is 11.5 Å². The number of ketones is 1. The molecule has 2 aromatic carbocycles. The molecule has 6 heteroatoms. The summed E-state index contributed by atoms with van der Waals surface area (Å²) in [7, 11) is 0. The van der Waals surface area contributed by atoms with Gasteiger partial charge in [-0.15, -0.1) is 0 Å². The predicted octanol–water partition coefficient (Wildman–Crippen LogP) is 3.53. The van der Waals surface area contributed by atoms with E-state index < -0.39 is 0 Å². The van der Waals surface area contributed by atoms with Gasteiger partial charge in [0.15, 0.2) is 0 Å². The van der Waals surface area contributed by atoms with Gasteiger partial charge < -0.3 is 9.30 Å². The standard InChI is InChI=1S/C24H29N3O3/c1-3-22-20(14-17(2)28)21-15-19(30-13-7-10-24(29)26-25)11-12-23(21)27(22)16-18-8-5-4-6-9-18/h4-6,8-9,11-12,15H,3,7,10,13-14,16,25H2,1-2H3,(H,26,29). The van der Waals surface area contributed by atoms with E-state index in [4.69, 9.17) is 10.6 Å². The molecule has 30 heavy (non-hydrogen) atoms. The molecule has 0 unspecified atom stereocenters. The van der Waals surface area contributed by atoms with Gasteiger partial charge in [-0.1, -0.05) is 37.3 Å². The largest absolute Gasteiger partial charge is 0.494 e. The highest BCUT2D eigenvalue weighted by atomic mass is 16.5. The second-order valence-corrected chi connectivity index (χ2v) is 7.43. The maximum atomic E-state index is 12.0. The Kier molecular flexibility index (Phi) is 7.25. The fourth-order valence-electron chi connectivity index (χ4n) is 3.84. The van der Waals surface area contributed by atoms with Crippen molar-refractivity contribution in [3.63, 3.8) is 0 Å². The Morgan fingerprint density at radius 1 is 1.13 bits per heavy atom. The van der Waals surface area contributed by atoms with Crippen LogP contribution in [0.2, 0.25) is 0 Å². The summed E-state index contributed by atoms with van der Waals surface area (Å²) in [6.07, 6.45) is 2.15. The third kappa shape index (κ3) is 5.07. The third-order valence-electron chi connectivity index (χ3n) is 5.18. The van der Waals surface area contributed by atoms with Gasteiger partial charge in [0.25, 0.3) is 0 Å². The molecule has 0 saturated carbocycles. The van der Waals surface area contributed by atoms with E-state index in [0.29, 0.717) is 25.9 Å². The van der Waals surface area contributed by atoms with Gasteiger partial charge in [0.2, 0.25) is 5.91 Å². The minimum atomic E-state index is -0.205. The molecule has 0 aliphatic carbocycles. The highest BCUT2D eigenvalue weighted by Crippen LogP contribution is 2.31. The van der Waals surface area contributed by atoms with Crippen LogP contribution in [0.15, 0.2) is 48.5 Å². The van der Waals surface area contributed by atoms with Crippen LogP contribution in [0.25, 0.3) is 10.9 Å². The smallest absolute Gasteiger partial charge is 0.234 e. The second-order valence-electron chi connectivity index (χ2n) is 7.43. The fraction of sp³-hybridized carbons (Fsp3) is 0.333. The van der Waals surface area contributed by atoms with Crippen molar-refractivity contribution < 1.29 is 14.3 Å². The third-order valence-corrected chi connectivity index (χ3v) is 5.18. The van der Waals surface area contributed by atoms with E-state index in [-0.39, 0.29) is 11.7 Å². The molecule has 0 saturated heterocycles. The molecule has 0 aliphatic heterocycles. The molecule has 1 heterocycles. The van der Waals surface area contributed by atoms with Crippen molar-refractivity contribution >= 4 is 22.6 Å². The van der Waals surface area contributed by atoms with Crippen LogP contribution in [0.5, 0.6) is 5.75 Å². The van der Waals surface area contributed by atoms with Crippen LogP contribution in [0, 0.1) is 0 Å². The van der Waals surface area contributed by atoms with E-state index in [9.17, 15) is 9.59 Å². The number of fused-ring (bicyclic) bond motifs is 1. The van der Waals surface area contributed by atoms with Gasteiger partial charge in [-0.05, 0) is 49.1 Å². The Morgan fingerprint density at radius 3 is 2.57 bits per heavy atom. The Labute approximate surface area is 177 Å². The lowest BCUT2D eigenvalue weighted by Gasteiger charge is -2.11. The summed E-state index contributed by atoms with van der Waals surface area (Å²) in [4.78, 5) is 23.2. The summed E-state index contributed by atoms with van der Waals surface area (Å²) in [5.74, 6) is 5.77. The average Bonchev–Trinajstić information content (AvgIpc) is 3.03. The number of carbonyl (C=O) groups excluding carboxylic acids is 2. The first-order valence-corrected chi connectivity index (χ1v) is 10.3. The second kappa shape index (κ2) is 10.1. The number of benzene rings is 2. The number of hydrogen-bond acceptors (Lipinski definition) is 4. The maximum absolute atomic E-state index is 12.0. The molecule has 1 amide bonds. The molecule has 0 bridgehead atoms. The van der Waals surface area contributed by atoms with Crippen LogP contribution in [-0.4, -0.2) is 22.9 Å². The topological polar surface area (TPSA) is 86.3 Å². The number of hydrogen-bond donors (Lipinski definition) is 2. The highest BCUT2D eigenvalue weighted by molar-refractivity contribution is 5.91. The van der Waals surface area contributed by atoms with Crippen molar-refractivity contribution in [3.8, 4) is 5.75 Å². The quantitative estimate of drug-likeness (QED) is 0.233. The lowest BCUT2D eigenvalue weighted by atomic mass is 10.0. The van der Waals surface area contributed by atoms with Crippen LogP contribution in [-0.2, 0) is 29.0 Å². The molecule has 6 nitrogen and oxygen atoms in total. The lowest BCUT2D eigenvalue weighted by molar-refractivity contribution is -0.121. The van der Waals surface area contributed by atoms with Gasteiger partial charge >= 0.3 is 0 Å².